The molecule has 9 heteroatoms. The van der Waals surface area contributed by atoms with E-state index in [1.807, 2.05) is 0 Å². The van der Waals surface area contributed by atoms with Gasteiger partial charge >= 0.3 is 5.76 Å². The van der Waals surface area contributed by atoms with Gasteiger partial charge in [0.15, 0.2) is 5.58 Å². The van der Waals surface area contributed by atoms with Gasteiger partial charge in [0.05, 0.1) is 23.1 Å². The number of halogens is 1. The fourth-order valence-electron chi connectivity index (χ4n) is 2.24. The van der Waals surface area contributed by atoms with Crippen LogP contribution in [0.5, 0.6) is 0 Å². The first kappa shape index (κ1) is 14.2. The van der Waals surface area contributed by atoms with E-state index >= 15 is 0 Å². The number of fused-ring (bicyclic) bond motifs is 1. The first-order valence-corrected chi connectivity index (χ1v) is 7.75. The number of aromatic amines is 1. The zero-order valence-electron chi connectivity index (χ0n) is 10.9. The van der Waals surface area contributed by atoms with E-state index in [1.165, 1.54) is 22.5 Å². The summed E-state index contributed by atoms with van der Waals surface area (Å²) in [5.74, 6) is -0.650. The van der Waals surface area contributed by atoms with Crippen LogP contribution in [0, 0.1) is 0 Å². The smallest absolute Gasteiger partial charge is 0.408 e. The third-order valence-electron chi connectivity index (χ3n) is 3.30. The van der Waals surface area contributed by atoms with Gasteiger partial charge < -0.3 is 9.15 Å². The molecule has 0 saturated carbocycles. The third-order valence-corrected chi connectivity index (χ3v) is 5.16. The molecule has 0 amide bonds. The molecule has 0 radical (unpaired) electrons. The van der Waals surface area contributed by atoms with Gasteiger partial charge in [0.1, 0.15) is 6.67 Å². The quantitative estimate of drug-likeness (QED) is 0.889. The Morgan fingerprint density at radius 1 is 1.43 bits per heavy atom. The summed E-state index contributed by atoms with van der Waals surface area (Å²) in [5.41, 5.74) is 0.582. The Morgan fingerprint density at radius 3 is 3.00 bits per heavy atom. The highest BCUT2D eigenvalue weighted by Gasteiger charge is 2.31. The Hall–Kier alpha value is -1.71. The largest absolute Gasteiger partial charge is 0.417 e. The summed E-state index contributed by atoms with van der Waals surface area (Å²) in [6.45, 7) is -0.463. The average Bonchev–Trinajstić information content (AvgIpc) is 2.86. The van der Waals surface area contributed by atoms with Gasteiger partial charge in [0.2, 0.25) is 10.0 Å². The Kier molecular flexibility index (Phi) is 3.56. The van der Waals surface area contributed by atoms with Gasteiger partial charge in [-0.3, -0.25) is 4.98 Å². The number of oxazole rings is 1. The molecule has 1 aromatic heterocycles. The normalized spacial score (nSPS) is 20.9. The Labute approximate surface area is 119 Å². The molecular weight excluding hydrogens is 303 g/mol. The van der Waals surface area contributed by atoms with Crippen LogP contribution < -0.4 is 5.76 Å². The molecule has 114 valence electrons. The van der Waals surface area contributed by atoms with Gasteiger partial charge in [-0.05, 0) is 12.1 Å². The van der Waals surface area contributed by atoms with Crippen LogP contribution in [0.3, 0.4) is 0 Å². The van der Waals surface area contributed by atoms with E-state index in [1.54, 1.807) is 0 Å². The number of benzene rings is 1. The number of ether oxygens (including phenoxy) is 1. The van der Waals surface area contributed by atoms with E-state index in [4.69, 9.17) is 9.15 Å². The number of morpholine rings is 1. The number of hydrogen-bond acceptors (Lipinski definition) is 5. The van der Waals surface area contributed by atoms with E-state index in [2.05, 4.69) is 4.98 Å². The summed E-state index contributed by atoms with van der Waals surface area (Å²) in [5, 5.41) is 0. The molecule has 1 unspecified atom stereocenters. The topological polar surface area (TPSA) is 92.6 Å². The van der Waals surface area contributed by atoms with Crippen molar-refractivity contribution in [2.45, 2.75) is 11.0 Å². The molecule has 7 nitrogen and oxygen atoms in total. The van der Waals surface area contributed by atoms with Crippen LogP contribution in [0.2, 0.25) is 0 Å². The van der Waals surface area contributed by atoms with Gasteiger partial charge in [-0.15, -0.1) is 0 Å². The van der Waals surface area contributed by atoms with Crippen molar-refractivity contribution in [3.05, 3.63) is 28.7 Å². The second kappa shape index (κ2) is 5.24. The van der Waals surface area contributed by atoms with Crippen molar-refractivity contribution in [2.24, 2.45) is 0 Å². The molecule has 1 aromatic carbocycles. The van der Waals surface area contributed by atoms with Crippen LogP contribution in [-0.4, -0.2) is 50.2 Å². The van der Waals surface area contributed by atoms with Gasteiger partial charge in [-0.2, -0.15) is 4.31 Å². The molecular formula is C12H13FN2O5S. The highest BCUT2D eigenvalue weighted by molar-refractivity contribution is 7.89. The van der Waals surface area contributed by atoms with E-state index in [-0.39, 0.29) is 30.2 Å². The monoisotopic (exact) mass is 316 g/mol. The molecule has 2 heterocycles. The Bertz CT molecular complexity index is 812. The minimum atomic E-state index is -3.78. The van der Waals surface area contributed by atoms with Crippen LogP contribution in [0.4, 0.5) is 4.39 Å². The highest BCUT2D eigenvalue weighted by Crippen LogP contribution is 2.22. The van der Waals surface area contributed by atoms with E-state index in [9.17, 15) is 17.6 Å². The predicted octanol–water partition coefficient (Wildman–Crippen LogP) is 0.480. The summed E-state index contributed by atoms with van der Waals surface area (Å²) < 4.78 is 48.8. The van der Waals surface area contributed by atoms with Gasteiger partial charge in [-0.1, -0.05) is 0 Å². The SMILES string of the molecule is O=c1[nH]c2ccc(S(=O)(=O)N3CCOC(CF)C3)cc2o1. The Balaban J connectivity index is 1.97. The second-order valence-corrected chi connectivity index (χ2v) is 6.62. The van der Waals surface area contributed by atoms with Gasteiger partial charge in [0, 0.05) is 19.2 Å². The lowest BCUT2D eigenvalue weighted by Crippen LogP contribution is -2.46. The molecule has 21 heavy (non-hydrogen) atoms. The molecule has 3 rings (SSSR count). The van der Waals surface area contributed by atoms with Crippen molar-refractivity contribution in [3.63, 3.8) is 0 Å². The maximum absolute atomic E-state index is 12.7. The van der Waals surface area contributed by atoms with Gasteiger partial charge in [0.25, 0.3) is 0 Å². The first-order valence-electron chi connectivity index (χ1n) is 6.31. The summed E-state index contributed by atoms with van der Waals surface area (Å²) in [7, 11) is -3.78. The third kappa shape index (κ3) is 2.59. The van der Waals surface area contributed by atoms with Crippen LogP contribution in [0.1, 0.15) is 0 Å². The lowest BCUT2D eigenvalue weighted by molar-refractivity contribution is -0.0136. The predicted molar refractivity (Wildman–Crippen MR) is 71.3 cm³/mol. The number of nitrogens with zero attached hydrogens (tertiary/aromatic N) is 1. The highest BCUT2D eigenvalue weighted by atomic mass is 32.2. The zero-order valence-corrected chi connectivity index (χ0v) is 11.7. The van der Waals surface area contributed by atoms with Crippen LogP contribution in [-0.2, 0) is 14.8 Å². The fraction of sp³-hybridized carbons (Fsp3) is 0.417. The van der Waals surface area contributed by atoms with Crippen molar-refractivity contribution in [3.8, 4) is 0 Å². The molecule has 1 fully saturated rings. The number of rotatable bonds is 3. The molecule has 1 aliphatic heterocycles. The minimum Gasteiger partial charge on any atom is -0.408 e. The van der Waals surface area contributed by atoms with Crippen molar-refractivity contribution < 1.29 is 22.0 Å². The van der Waals surface area contributed by atoms with Crippen molar-refractivity contribution in [1.82, 2.24) is 9.29 Å². The van der Waals surface area contributed by atoms with Crippen molar-refractivity contribution in [1.29, 1.82) is 0 Å². The van der Waals surface area contributed by atoms with E-state index < -0.39 is 28.6 Å². The summed E-state index contributed by atoms with van der Waals surface area (Å²) in [4.78, 5) is 13.5. The lowest BCUT2D eigenvalue weighted by atomic mass is 10.3. The fourth-order valence-corrected chi connectivity index (χ4v) is 3.71. The number of hydrogen-bond donors (Lipinski definition) is 1. The number of nitrogens with one attached hydrogen (secondary N) is 1. The summed E-state index contributed by atoms with van der Waals surface area (Å²) in [6.07, 6.45) is -0.748. The first-order chi connectivity index (χ1) is 10.0. The number of sulfonamides is 1. The van der Waals surface area contributed by atoms with Crippen LogP contribution in [0.15, 0.2) is 32.3 Å². The van der Waals surface area contributed by atoms with E-state index in [0.717, 1.165) is 0 Å². The number of alkyl halides is 1. The molecule has 0 aliphatic carbocycles. The molecule has 1 atom stereocenters. The zero-order chi connectivity index (χ0) is 15.0. The number of aromatic nitrogens is 1. The minimum absolute atomic E-state index is 0.00254. The summed E-state index contributed by atoms with van der Waals surface area (Å²) >= 11 is 0. The Morgan fingerprint density at radius 2 is 2.24 bits per heavy atom. The van der Waals surface area contributed by atoms with Gasteiger partial charge in [-0.25, -0.2) is 17.6 Å². The number of H-pyrrole nitrogens is 1. The van der Waals surface area contributed by atoms with E-state index in [0.29, 0.717) is 5.52 Å². The molecule has 1 aliphatic rings. The maximum Gasteiger partial charge on any atom is 0.417 e. The van der Waals surface area contributed by atoms with Crippen molar-refractivity contribution in [2.75, 3.05) is 26.4 Å². The molecule has 0 spiro atoms. The molecule has 1 N–H and O–H groups in total. The summed E-state index contributed by atoms with van der Waals surface area (Å²) in [6, 6.07) is 4.12. The lowest BCUT2D eigenvalue weighted by Gasteiger charge is -2.30. The molecule has 1 saturated heterocycles. The van der Waals surface area contributed by atoms with Crippen molar-refractivity contribution >= 4 is 21.1 Å². The molecule has 2 aromatic rings. The molecule has 0 bridgehead atoms. The van der Waals surface area contributed by atoms with Crippen LogP contribution in [0.25, 0.3) is 11.1 Å². The standard InChI is InChI=1S/C12H13FN2O5S/c13-6-8-7-15(3-4-19-8)21(17,18)9-1-2-10-11(5-9)20-12(16)14-10/h1-2,5,8H,3-4,6-7H2,(H,14,16). The second-order valence-electron chi connectivity index (χ2n) is 4.68. The average molecular weight is 316 g/mol. The maximum atomic E-state index is 12.7. The van der Waals surface area contributed by atoms with Crippen LogP contribution >= 0.6 is 0 Å².